The van der Waals surface area contributed by atoms with Crippen LogP contribution in [0.4, 0.5) is 0 Å². The van der Waals surface area contributed by atoms with Gasteiger partial charge in [-0.15, -0.1) is 0 Å². The van der Waals surface area contributed by atoms with Crippen LogP contribution in [0.15, 0.2) is 23.8 Å². The minimum absolute atomic E-state index is 0.00659. The second-order valence-electron chi connectivity index (χ2n) is 9.56. The molecule has 0 bridgehead atoms. The fourth-order valence-corrected chi connectivity index (χ4v) is 5.36. The Morgan fingerprint density at radius 3 is 2.50 bits per heavy atom. The second-order valence-corrected chi connectivity index (χ2v) is 9.56. The molecule has 0 saturated carbocycles. The molecule has 2 aromatic rings. The molecule has 2 aromatic carbocycles. The number of hydrogen-bond donors (Lipinski definition) is 5. The lowest BCUT2D eigenvalue weighted by Crippen LogP contribution is -2.51. The fourth-order valence-electron chi connectivity index (χ4n) is 5.36. The van der Waals surface area contributed by atoms with Crippen LogP contribution in [0.25, 0.3) is 6.08 Å². The molecule has 5 atom stereocenters. The van der Waals surface area contributed by atoms with Gasteiger partial charge in [0.2, 0.25) is 5.78 Å². The summed E-state index contributed by atoms with van der Waals surface area (Å²) in [6, 6.07) is 3.77. The summed E-state index contributed by atoms with van der Waals surface area (Å²) in [4.78, 5) is 39.5. The van der Waals surface area contributed by atoms with E-state index in [1.54, 1.807) is 6.92 Å². The van der Waals surface area contributed by atoms with E-state index in [4.69, 9.17) is 19.9 Å². The standard InChI is InChI=1S/C27H27NO10/c1-10-23(31)14(28)8-18(37-10)38-17-7-11(15(30)9-29)6-13-20(17)27(35)22-21(25(13)33)24(32)12-4-3-5-16(36-2)19(12)26(22)34/h3-6,10,14,17-18,23,29,31,33,35H,7-9,28H2,1-2H3/t10-,14-,17-,18-,23+/m0/s1. The molecule has 200 valence electrons. The van der Waals surface area contributed by atoms with Gasteiger partial charge in [-0.25, -0.2) is 0 Å². The third kappa shape index (κ3) is 3.91. The number of ketones is 3. The predicted molar refractivity (Wildman–Crippen MR) is 131 cm³/mol. The van der Waals surface area contributed by atoms with Gasteiger partial charge in [0.25, 0.3) is 0 Å². The molecular formula is C27H27NO10. The van der Waals surface area contributed by atoms with E-state index < -0.39 is 77.2 Å². The summed E-state index contributed by atoms with van der Waals surface area (Å²) in [5, 5.41) is 42.3. The Kier molecular flexibility index (Phi) is 6.58. The Labute approximate surface area is 217 Å². The molecule has 1 fully saturated rings. The lowest BCUT2D eigenvalue weighted by atomic mass is 9.77. The largest absolute Gasteiger partial charge is 0.507 e. The van der Waals surface area contributed by atoms with Crippen molar-refractivity contribution < 1.29 is 49.0 Å². The van der Waals surface area contributed by atoms with Gasteiger partial charge in [0, 0.05) is 41.1 Å². The van der Waals surface area contributed by atoms with Gasteiger partial charge < -0.3 is 40.4 Å². The molecule has 11 heteroatoms. The van der Waals surface area contributed by atoms with Crippen LogP contribution in [-0.4, -0.2) is 76.0 Å². The summed E-state index contributed by atoms with van der Waals surface area (Å²) in [7, 11) is 1.34. The van der Waals surface area contributed by atoms with E-state index in [2.05, 4.69) is 0 Å². The number of benzene rings is 2. The van der Waals surface area contributed by atoms with Crippen molar-refractivity contribution in [2.45, 2.75) is 50.4 Å². The number of nitrogens with two attached hydrogens (primary N) is 1. The molecule has 3 aliphatic rings. The van der Waals surface area contributed by atoms with Crippen molar-refractivity contribution >= 4 is 23.4 Å². The molecule has 0 aromatic heterocycles. The molecule has 0 amide bonds. The first kappa shape index (κ1) is 26.0. The molecule has 0 unspecified atom stereocenters. The number of aliphatic hydroxyl groups excluding tert-OH is 2. The number of fused-ring (bicyclic) bond motifs is 3. The van der Waals surface area contributed by atoms with Crippen LogP contribution in [0.1, 0.15) is 68.8 Å². The van der Waals surface area contributed by atoms with Crippen molar-refractivity contribution in [3.05, 3.63) is 57.2 Å². The van der Waals surface area contributed by atoms with Gasteiger partial charge >= 0.3 is 0 Å². The molecule has 1 heterocycles. The molecule has 0 spiro atoms. The van der Waals surface area contributed by atoms with Crippen molar-refractivity contribution in [2.75, 3.05) is 13.7 Å². The van der Waals surface area contributed by atoms with Crippen LogP contribution >= 0.6 is 0 Å². The van der Waals surface area contributed by atoms with Gasteiger partial charge in [-0.1, -0.05) is 12.1 Å². The second kappa shape index (κ2) is 9.61. The number of hydrogen-bond acceptors (Lipinski definition) is 11. The number of aromatic hydroxyl groups is 2. The molecular weight excluding hydrogens is 498 g/mol. The van der Waals surface area contributed by atoms with E-state index in [1.807, 2.05) is 0 Å². The Hall–Kier alpha value is -3.61. The average molecular weight is 526 g/mol. The summed E-state index contributed by atoms with van der Waals surface area (Å²) in [5.74, 6) is -3.16. The summed E-state index contributed by atoms with van der Waals surface area (Å²) in [6.07, 6.45) is -2.46. The number of aliphatic hydroxyl groups is 2. The Morgan fingerprint density at radius 2 is 1.84 bits per heavy atom. The van der Waals surface area contributed by atoms with Gasteiger partial charge in [0.15, 0.2) is 17.9 Å². The molecule has 1 saturated heterocycles. The van der Waals surface area contributed by atoms with Gasteiger partial charge in [0.05, 0.1) is 42.1 Å². The van der Waals surface area contributed by atoms with Gasteiger partial charge in [0.1, 0.15) is 23.9 Å². The topological polar surface area (TPSA) is 186 Å². The highest BCUT2D eigenvalue weighted by molar-refractivity contribution is 6.31. The van der Waals surface area contributed by atoms with Gasteiger partial charge in [-0.3, -0.25) is 14.4 Å². The van der Waals surface area contributed by atoms with E-state index in [1.165, 1.54) is 31.4 Å². The maximum Gasteiger partial charge on any atom is 0.202 e. The van der Waals surface area contributed by atoms with Crippen LogP contribution in [-0.2, 0) is 14.3 Å². The summed E-state index contributed by atoms with van der Waals surface area (Å²) in [5.41, 5.74) is 5.10. The minimum Gasteiger partial charge on any atom is -0.507 e. The Balaban J connectivity index is 1.68. The molecule has 6 N–H and O–H groups in total. The van der Waals surface area contributed by atoms with Crippen molar-refractivity contribution in [2.24, 2.45) is 5.73 Å². The zero-order valence-corrected chi connectivity index (χ0v) is 20.6. The monoisotopic (exact) mass is 525 g/mol. The SMILES string of the molecule is COc1cccc2c1C(=O)c1c(O)c3c(c(O)c1C2=O)C=C(C(=O)CO)C[C@@H]3O[C@H]1C[C@H](N)[C@H](O)[C@H](C)O1. The van der Waals surface area contributed by atoms with Crippen LogP contribution in [0.2, 0.25) is 0 Å². The van der Waals surface area contributed by atoms with E-state index in [0.29, 0.717) is 0 Å². The molecule has 1 aliphatic heterocycles. The Bertz CT molecular complexity index is 1380. The number of ether oxygens (including phenoxy) is 3. The van der Waals surface area contributed by atoms with Gasteiger partial charge in [-0.05, 0) is 19.1 Å². The van der Waals surface area contributed by atoms with Crippen LogP contribution in [0, 0.1) is 0 Å². The summed E-state index contributed by atoms with van der Waals surface area (Å²) < 4.78 is 17.1. The normalized spacial score (nSPS) is 26.2. The van der Waals surface area contributed by atoms with Crippen molar-refractivity contribution in [3.8, 4) is 17.2 Å². The summed E-state index contributed by atoms with van der Waals surface area (Å²) >= 11 is 0. The zero-order chi connectivity index (χ0) is 27.5. The molecule has 11 nitrogen and oxygen atoms in total. The zero-order valence-electron chi connectivity index (χ0n) is 20.6. The number of phenolic OH excluding ortho intramolecular Hbond substituents is 2. The fraction of sp³-hybridized carbons (Fsp3) is 0.370. The minimum atomic E-state index is -1.13. The first-order chi connectivity index (χ1) is 18.1. The number of rotatable bonds is 5. The quantitative estimate of drug-likeness (QED) is 0.300. The lowest BCUT2D eigenvalue weighted by Gasteiger charge is -2.38. The van der Waals surface area contributed by atoms with E-state index in [0.717, 1.165) is 0 Å². The molecule has 5 rings (SSSR count). The first-order valence-corrected chi connectivity index (χ1v) is 12.1. The van der Waals surface area contributed by atoms with E-state index in [-0.39, 0.29) is 46.4 Å². The highest BCUT2D eigenvalue weighted by Gasteiger charge is 2.43. The Morgan fingerprint density at radius 1 is 1.13 bits per heavy atom. The van der Waals surface area contributed by atoms with Crippen LogP contribution in [0.5, 0.6) is 17.2 Å². The number of Topliss-reactive ketones (excluding diaryl/α,β-unsaturated/α-hetero) is 1. The summed E-state index contributed by atoms with van der Waals surface area (Å²) in [6.45, 7) is 0.800. The first-order valence-electron chi connectivity index (χ1n) is 12.1. The lowest BCUT2D eigenvalue weighted by molar-refractivity contribution is -0.240. The molecule has 2 aliphatic carbocycles. The maximum absolute atomic E-state index is 13.6. The van der Waals surface area contributed by atoms with Gasteiger partial charge in [-0.2, -0.15) is 0 Å². The predicted octanol–water partition coefficient (Wildman–Crippen LogP) is 1.11. The number of carbonyl (C=O) groups is 3. The highest BCUT2D eigenvalue weighted by atomic mass is 16.7. The van der Waals surface area contributed by atoms with Crippen LogP contribution in [0.3, 0.4) is 0 Å². The third-order valence-corrected chi connectivity index (χ3v) is 7.31. The maximum atomic E-state index is 13.6. The highest BCUT2D eigenvalue weighted by Crippen LogP contribution is 2.51. The van der Waals surface area contributed by atoms with E-state index >= 15 is 0 Å². The van der Waals surface area contributed by atoms with Crippen molar-refractivity contribution in [3.63, 3.8) is 0 Å². The number of phenols is 2. The third-order valence-electron chi connectivity index (χ3n) is 7.31. The van der Waals surface area contributed by atoms with E-state index in [9.17, 15) is 34.8 Å². The van der Waals surface area contributed by atoms with Crippen LogP contribution < -0.4 is 10.5 Å². The average Bonchev–Trinajstić information content (AvgIpc) is 2.90. The number of carbonyl (C=O) groups excluding carboxylic acids is 3. The molecule has 38 heavy (non-hydrogen) atoms. The van der Waals surface area contributed by atoms with Crippen molar-refractivity contribution in [1.82, 2.24) is 0 Å². The smallest absolute Gasteiger partial charge is 0.202 e. The molecule has 0 radical (unpaired) electrons. The van der Waals surface area contributed by atoms with Crippen molar-refractivity contribution in [1.29, 1.82) is 0 Å². The number of methoxy groups -OCH3 is 1.